The van der Waals surface area contributed by atoms with Crippen LogP contribution in [0.4, 0.5) is 5.69 Å². The van der Waals surface area contributed by atoms with Crippen LogP contribution in [-0.2, 0) is 11.3 Å². The first kappa shape index (κ1) is 16.7. The summed E-state index contributed by atoms with van der Waals surface area (Å²) < 4.78 is 0.861. The van der Waals surface area contributed by atoms with Gasteiger partial charge in [-0.2, -0.15) is 0 Å². The smallest absolute Gasteiger partial charge is 0.255 e. The zero-order valence-electron chi connectivity index (χ0n) is 13.5. The maximum Gasteiger partial charge on any atom is 0.255 e. The second kappa shape index (κ2) is 7.18. The first-order chi connectivity index (χ1) is 11.5. The highest BCUT2D eigenvalue weighted by Crippen LogP contribution is 2.24. The normalized spacial score (nSPS) is 14.1. The molecule has 0 atom stereocenters. The molecule has 1 aliphatic heterocycles. The van der Waals surface area contributed by atoms with E-state index >= 15 is 0 Å². The van der Waals surface area contributed by atoms with Crippen LogP contribution < -0.4 is 5.32 Å². The van der Waals surface area contributed by atoms with Gasteiger partial charge < -0.3 is 10.2 Å². The molecule has 0 aromatic heterocycles. The van der Waals surface area contributed by atoms with Crippen LogP contribution in [0.25, 0.3) is 0 Å². The van der Waals surface area contributed by atoms with Gasteiger partial charge in [-0.1, -0.05) is 18.2 Å². The lowest BCUT2D eigenvalue weighted by atomic mass is 10.1. The molecule has 4 nitrogen and oxygen atoms in total. The lowest BCUT2D eigenvalue weighted by Gasteiger charge is -2.15. The van der Waals surface area contributed by atoms with E-state index in [-0.39, 0.29) is 11.8 Å². The van der Waals surface area contributed by atoms with E-state index in [4.69, 9.17) is 0 Å². The second-order valence-corrected chi connectivity index (χ2v) is 6.91. The van der Waals surface area contributed by atoms with Crippen molar-refractivity contribution in [3.8, 4) is 0 Å². The first-order valence-electron chi connectivity index (χ1n) is 7.97. The Kier molecular flexibility index (Phi) is 5.00. The molecule has 5 heteroatoms. The fraction of sp³-hybridized carbons (Fsp3) is 0.263. The molecule has 3 rings (SSSR count). The number of nitrogens with zero attached hydrogens (tertiary/aromatic N) is 1. The van der Waals surface area contributed by atoms with Crippen LogP contribution in [0, 0.1) is 6.92 Å². The van der Waals surface area contributed by atoms with Crippen molar-refractivity contribution in [2.45, 2.75) is 26.3 Å². The van der Waals surface area contributed by atoms with Gasteiger partial charge in [-0.3, -0.25) is 9.59 Å². The Hall–Kier alpha value is -2.14. The number of amides is 2. The highest BCUT2D eigenvalue weighted by molar-refractivity contribution is 9.10. The van der Waals surface area contributed by atoms with Gasteiger partial charge in [0.2, 0.25) is 5.91 Å². The molecule has 2 aromatic carbocycles. The average molecular weight is 387 g/mol. The van der Waals surface area contributed by atoms with E-state index in [1.165, 1.54) is 0 Å². The fourth-order valence-electron chi connectivity index (χ4n) is 2.77. The van der Waals surface area contributed by atoms with Gasteiger partial charge >= 0.3 is 0 Å². The van der Waals surface area contributed by atoms with Crippen molar-refractivity contribution in [1.29, 1.82) is 0 Å². The molecule has 1 fully saturated rings. The standard InChI is InChI=1S/C19H19BrN2O2/c1-13-4-9-17(16(20)11-13)21-19(24)15-7-5-14(6-8-15)12-22-10-2-3-18(22)23/h4-9,11H,2-3,10,12H2,1H3,(H,21,24). The molecule has 1 N–H and O–H groups in total. The maximum absolute atomic E-state index is 12.4. The quantitative estimate of drug-likeness (QED) is 0.858. The lowest BCUT2D eigenvalue weighted by Crippen LogP contribution is -2.23. The molecule has 0 saturated carbocycles. The van der Waals surface area contributed by atoms with E-state index in [2.05, 4.69) is 21.2 Å². The van der Waals surface area contributed by atoms with Gasteiger partial charge in [0.05, 0.1) is 5.69 Å². The minimum atomic E-state index is -0.150. The number of aryl methyl sites for hydroxylation is 1. The van der Waals surface area contributed by atoms with Crippen molar-refractivity contribution in [2.24, 2.45) is 0 Å². The van der Waals surface area contributed by atoms with Gasteiger partial charge in [0.15, 0.2) is 0 Å². The summed E-state index contributed by atoms with van der Waals surface area (Å²) in [7, 11) is 0. The summed E-state index contributed by atoms with van der Waals surface area (Å²) in [6.07, 6.45) is 1.58. The predicted octanol–water partition coefficient (Wildman–Crippen LogP) is 4.13. The second-order valence-electron chi connectivity index (χ2n) is 6.05. The van der Waals surface area contributed by atoms with Crippen LogP contribution in [0.15, 0.2) is 46.9 Å². The topological polar surface area (TPSA) is 49.4 Å². The van der Waals surface area contributed by atoms with E-state index < -0.39 is 0 Å². The number of carbonyl (C=O) groups excluding carboxylic acids is 2. The summed E-state index contributed by atoms with van der Waals surface area (Å²) in [5.41, 5.74) is 3.51. The number of anilines is 1. The fourth-order valence-corrected chi connectivity index (χ4v) is 3.36. The average Bonchev–Trinajstić information content (AvgIpc) is 2.96. The number of halogens is 1. The molecule has 1 saturated heterocycles. The molecule has 0 spiro atoms. The Morgan fingerprint density at radius 2 is 1.96 bits per heavy atom. The van der Waals surface area contributed by atoms with Crippen molar-refractivity contribution in [3.63, 3.8) is 0 Å². The molecule has 0 bridgehead atoms. The molecule has 0 aliphatic carbocycles. The van der Waals surface area contributed by atoms with E-state index in [0.717, 1.165) is 34.3 Å². The Morgan fingerprint density at radius 3 is 2.58 bits per heavy atom. The minimum absolute atomic E-state index is 0.150. The first-order valence-corrected chi connectivity index (χ1v) is 8.76. The van der Waals surface area contributed by atoms with Crippen LogP contribution in [0.3, 0.4) is 0 Å². The van der Waals surface area contributed by atoms with Crippen molar-refractivity contribution in [3.05, 3.63) is 63.6 Å². The maximum atomic E-state index is 12.4. The van der Waals surface area contributed by atoms with Crippen LogP contribution in [0.5, 0.6) is 0 Å². The molecule has 24 heavy (non-hydrogen) atoms. The Balaban J connectivity index is 1.66. The van der Waals surface area contributed by atoms with Crippen molar-refractivity contribution in [2.75, 3.05) is 11.9 Å². The van der Waals surface area contributed by atoms with Gasteiger partial charge in [-0.15, -0.1) is 0 Å². The SMILES string of the molecule is Cc1ccc(NC(=O)c2ccc(CN3CCCC3=O)cc2)c(Br)c1. The van der Waals surface area contributed by atoms with Crippen molar-refractivity contribution in [1.82, 2.24) is 4.90 Å². The Labute approximate surface area is 150 Å². The summed E-state index contributed by atoms with van der Waals surface area (Å²) in [4.78, 5) is 25.9. The van der Waals surface area contributed by atoms with Crippen molar-refractivity contribution >= 4 is 33.4 Å². The highest BCUT2D eigenvalue weighted by Gasteiger charge is 2.20. The van der Waals surface area contributed by atoms with Crippen LogP contribution in [0.1, 0.15) is 34.3 Å². The molecule has 0 unspecified atom stereocenters. The van der Waals surface area contributed by atoms with Crippen LogP contribution in [0.2, 0.25) is 0 Å². The van der Waals surface area contributed by atoms with Crippen molar-refractivity contribution < 1.29 is 9.59 Å². The summed E-state index contributed by atoms with van der Waals surface area (Å²) in [6.45, 7) is 3.44. The molecule has 2 amide bonds. The monoisotopic (exact) mass is 386 g/mol. The number of carbonyl (C=O) groups is 2. The van der Waals surface area contributed by atoms with Gasteiger partial charge in [-0.25, -0.2) is 0 Å². The predicted molar refractivity (Wildman–Crippen MR) is 97.9 cm³/mol. The third-order valence-electron chi connectivity index (χ3n) is 4.13. The molecule has 0 radical (unpaired) electrons. The summed E-state index contributed by atoms with van der Waals surface area (Å²) in [6, 6.07) is 13.2. The van der Waals surface area contributed by atoms with Crippen LogP contribution >= 0.6 is 15.9 Å². The third-order valence-corrected chi connectivity index (χ3v) is 4.79. The lowest BCUT2D eigenvalue weighted by molar-refractivity contribution is -0.128. The van der Waals surface area contributed by atoms with E-state index in [9.17, 15) is 9.59 Å². The number of rotatable bonds is 4. The van der Waals surface area contributed by atoms with E-state index in [1.54, 1.807) is 12.1 Å². The Bertz CT molecular complexity index is 771. The summed E-state index contributed by atoms with van der Waals surface area (Å²) >= 11 is 3.46. The van der Waals surface area contributed by atoms with Gasteiger partial charge in [0.1, 0.15) is 0 Å². The summed E-state index contributed by atoms with van der Waals surface area (Å²) in [5, 5.41) is 2.90. The molecular formula is C19H19BrN2O2. The molecule has 2 aromatic rings. The number of hydrogen-bond acceptors (Lipinski definition) is 2. The molecular weight excluding hydrogens is 368 g/mol. The number of likely N-dealkylation sites (tertiary alicyclic amines) is 1. The van der Waals surface area contributed by atoms with Gasteiger partial charge in [0.25, 0.3) is 5.91 Å². The van der Waals surface area contributed by atoms with Gasteiger partial charge in [-0.05, 0) is 64.7 Å². The van der Waals surface area contributed by atoms with E-state index in [1.807, 2.05) is 42.2 Å². The van der Waals surface area contributed by atoms with Gasteiger partial charge in [0, 0.05) is 29.5 Å². The molecule has 1 heterocycles. The number of hydrogen-bond donors (Lipinski definition) is 1. The highest BCUT2D eigenvalue weighted by atomic mass is 79.9. The zero-order chi connectivity index (χ0) is 17.1. The minimum Gasteiger partial charge on any atom is -0.338 e. The number of nitrogens with one attached hydrogen (secondary N) is 1. The largest absolute Gasteiger partial charge is 0.338 e. The van der Waals surface area contributed by atoms with Crippen LogP contribution in [-0.4, -0.2) is 23.3 Å². The van der Waals surface area contributed by atoms with E-state index in [0.29, 0.717) is 18.5 Å². The third kappa shape index (κ3) is 3.85. The molecule has 1 aliphatic rings. The summed E-state index contributed by atoms with van der Waals surface area (Å²) in [5.74, 6) is 0.0596. The zero-order valence-corrected chi connectivity index (χ0v) is 15.1. The molecule has 124 valence electrons. The Morgan fingerprint density at radius 1 is 1.21 bits per heavy atom. The number of benzene rings is 2.